The van der Waals surface area contributed by atoms with Crippen molar-refractivity contribution < 1.29 is 9.53 Å². The molecule has 1 atom stereocenters. The number of ether oxygens (including phenoxy) is 1. The molecule has 2 nitrogen and oxygen atoms in total. The van der Waals surface area contributed by atoms with Crippen LogP contribution < -0.4 is 0 Å². The maximum absolute atomic E-state index is 10.8. The van der Waals surface area contributed by atoms with Crippen LogP contribution in [0.25, 0.3) is 0 Å². The van der Waals surface area contributed by atoms with E-state index in [1.54, 1.807) is 6.92 Å². The lowest BCUT2D eigenvalue weighted by molar-refractivity contribution is -0.143. The van der Waals surface area contributed by atoms with E-state index < -0.39 is 4.84 Å². The third kappa shape index (κ3) is 5.33. The number of carbonyl (C=O) groups excluding carboxylic acids is 1. The highest BCUT2D eigenvalue weighted by Crippen LogP contribution is 2.17. The fourth-order valence-electron chi connectivity index (χ4n) is 0.523. The quantitative estimate of drug-likeness (QED) is 0.511. The van der Waals surface area contributed by atoms with Crippen LogP contribution in [-0.2, 0) is 9.53 Å². The van der Waals surface area contributed by atoms with Gasteiger partial charge in [-0.1, -0.05) is 0 Å². The largest absolute Gasteiger partial charge is 0.466 e. The maximum atomic E-state index is 10.8. The van der Waals surface area contributed by atoms with Gasteiger partial charge >= 0.3 is 5.97 Å². The van der Waals surface area contributed by atoms with Gasteiger partial charge in [-0.2, -0.15) is 0 Å². The van der Waals surface area contributed by atoms with Gasteiger partial charge in [-0.3, -0.25) is 4.79 Å². The first kappa shape index (κ1) is 11.1. The van der Waals surface area contributed by atoms with E-state index >= 15 is 0 Å². The average Bonchev–Trinajstić information content (AvgIpc) is 1.87. The fourth-order valence-corrected chi connectivity index (χ4v) is 0.701. The molecule has 11 heavy (non-hydrogen) atoms. The monoisotopic (exact) mass is 197 g/mol. The van der Waals surface area contributed by atoms with Crippen LogP contribution in [-0.4, -0.2) is 17.4 Å². The van der Waals surface area contributed by atoms with Gasteiger partial charge in [0.1, 0.15) is 4.84 Å². The van der Waals surface area contributed by atoms with E-state index in [0.29, 0.717) is 6.61 Å². The number of alkyl halides is 2. The summed E-state index contributed by atoms with van der Waals surface area (Å²) < 4.78 is 4.67. The summed E-state index contributed by atoms with van der Waals surface area (Å²) in [7, 11) is 0. The molecule has 0 aromatic carbocycles. The molecule has 1 unspecified atom stereocenters. The third-order valence-electron chi connectivity index (χ3n) is 1.09. The van der Waals surface area contributed by atoms with Gasteiger partial charge in [0.05, 0.1) is 13.0 Å². The van der Waals surface area contributed by atoms with Crippen molar-refractivity contribution in [2.75, 3.05) is 6.61 Å². The van der Waals surface area contributed by atoms with Gasteiger partial charge in [-0.25, -0.2) is 0 Å². The highest BCUT2D eigenvalue weighted by atomic mass is 35.5. The van der Waals surface area contributed by atoms with Gasteiger partial charge in [-0.15, -0.1) is 23.2 Å². The molecule has 0 aliphatic rings. The minimum Gasteiger partial charge on any atom is -0.466 e. The number of esters is 1. The lowest BCUT2D eigenvalue weighted by Gasteiger charge is -2.09. The Kier molecular flexibility index (Phi) is 5.69. The minimum atomic E-state index is -0.612. The molecule has 0 bridgehead atoms. The zero-order chi connectivity index (χ0) is 8.85. The van der Waals surface area contributed by atoms with Crippen molar-refractivity contribution in [2.24, 2.45) is 5.92 Å². The van der Waals surface area contributed by atoms with E-state index in [9.17, 15) is 4.79 Å². The lowest BCUT2D eigenvalue weighted by Crippen LogP contribution is -2.13. The van der Waals surface area contributed by atoms with E-state index in [2.05, 4.69) is 11.7 Å². The molecule has 0 rings (SSSR count). The second-order valence-electron chi connectivity index (χ2n) is 2.10. The molecule has 0 amide bonds. The molecule has 0 spiro atoms. The van der Waals surface area contributed by atoms with Crippen LogP contribution in [0.1, 0.15) is 13.3 Å². The Morgan fingerprint density at radius 1 is 1.64 bits per heavy atom. The highest BCUT2D eigenvalue weighted by Gasteiger charge is 2.15. The Balaban J connectivity index is 3.57. The van der Waals surface area contributed by atoms with E-state index in [1.807, 2.05) is 0 Å². The predicted octanol–water partition coefficient (Wildman–Crippen LogP) is 2.19. The zero-order valence-corrected chi connectivity index (χ0v) is 7.86. The van der Waals surface area contributed by atoms with Crippen LogP contribution in [0.3, 0.4) is 0 Å². The molecule has 0 aromatic heterocycles. The molecule has 0 fully saturated rings. The van der Waals surface area contributed by atoms with E-state index in [4.69, 9.17) is 23.2 Å². The van der Waals surface area contributed by atoms with Gasteiger partial charge in [0.25, 0.3) is 0 Å². The first-order valence-corrected chi connectivity index (χ1v) is 4.22. The molecule has 1 radical (unpaired) electrons. The molecule has 4 heteroatoms. The maximum Gasteiger partial charge on any atom is 0.306 e. The van der Waals surface area contributed by atoms with Crippen molar-refractivity contribution in [1.82, 2.24) is 0 Å². The first-order chi connectivity index (χ1) is 5.07. The fraction of sp³-hybridized carbons (Fsp3) is 0.714. The van der Waals surface area contributed by atoms with Crippen LogP contribution in [0, 0.1) is 12.8 Å². The smallest absolute Gasteiger partial charge is 0.306 e. The lowest BCUT2D eigenvalue weighted by atomic mass is 10.1. The van der Waals surface area contributed by atoms with Crippen molar-refractivity contribution >= 4 is 29.2 Å². The van der Waals surface area contributed by atoms with E-state index in [-0.39, 0.29) is 18.3 Å². The predicted molar refractivity (Wildman–Crippen MR) is 45.6 cm³/mol. The molecule has 0 aliphatic heterocycles. The van der Waals surface area contributed by atoms with Crippen molar-refractivity contribution in [3.8, 4) is 0 Å². The van der Waals surface area contributed by atoms with Crippen LogP contribution >= 0.6 is 23.2 Å². The average molecular weight is 198 g/mol. The third-order valence-corrected chi connectivity index (χ3v) is 1.80. The normalized spacial score (nSPS) is 13.2. The molecular weight excluding hydrogens is 187 g/mol. The standard InChI is InChI=1S/C7H11Cl2O2/c1-3-11-6(10)4-5(2)7(8)9/h5,7H,2-4H2,1H3. The first-order valence-electron chi connectivity index (χ1n) is 3.34. The Bertz CT molecular complexity index is 126. The molecule has 0 saturated carbocycles. The summed E-state index contributed by atoms with van der Waals surface area (Å²) in [6.45, 7) is 5.72. The van der Waals surface area contributed by atoms with Gasteiger partial charge in [0, 0.05) is 0 Å². The summed E-state index contributed by atoms with van der Waals surface area (Å²) in [5, 5.41) is 0. The van der Waals surface area contributed by atoms with Gasteiger partial charge in [0.2, 0.25) is 0 Å². The molecule has 0 heterocycles. The molecule has 65 valence electrons. The SMILES string of the molecule is [CH2]C(CC(=O)OCC)C(Cl)Cl. The second kappa shape index (κ2) is 5.67. The van der Waals surface area contributed by atoms with Crippen LogP contribution in [0.2, 0.25) is 0 Å². The van der Waals surface area contributed by atoms with Crippen molar-refractivity contribution in [2.45, 2.75) is 18.2 Å². The van der Waals surface area contributed by atoms with Gasteiger partial charge < -0.3 is 4.74 Å². The number of hydrogen-bond donors (Lipinski definition) is 0. The summed E-state index contributed by atoms with van der Waals surface area (Å²) in [4.78, 5) is 10.2. The van der Waals surface area contributed by atoms with Crippen molar-refractivity contribution in [1.29, 1.82) is 0 Å². The number of rotatable bonds is 4. The van der Waals surface area contributed by atoms with E-state index in [1.165, 1.54) is 0 Å². The Hall–Kier alpha value is 0.0500. The molecule has 0 aliphatic carbocycles. The summed E-state index contributed by atoms with van der Waals surface area (Å²) in [5.41, 5.74) is 0. The van der Waals surface area contributed by atoms with Crippen LogP contribution in [0.15, 0.2) is 0 Å². The highest BCUT2D eigenvalue weighted by molar-refractivity contribution is 6.44. The number of halogens is 2. The molecule has 0 N–H and O–H groups in total. The van der Waals surface area contributed by atoms with Crippen LogP contribution in [0.4, 0.5) is 0 Å². The minimum absolute atomic E-state index is 0.172. The molecule has 0 saturated heterocycles. The Morgan fingerprint density at radius 3 is 2.55 bits per heavy atom. The number of hydrogen-bond acceptors (Lipinski definition) is 2. The van der Waals surface area contributed by atoms with Gasteiger partial charge in [0.15, 0.2) is 0 Å². The van der Waals surface area contributed by atoms with E-state index in [0.717, 1.165) is 0 Å². The topological polar surface area (TPSA) is 26.3 Å². The van der Waals surface area contributed by atoms with Gasteiger partial charge in [-0.05, 0) is 19.8 Å². The molecule has 0 aromatic rings. The van der Waals surface area contributed by atoms with Crippen molar-refractivity contribution in [3.05, 3.63) is 6.92 Å². The summed E-state index contributed by atoms with van der Waals surface area (Å²) in [6, 6.07) is 0. The molecular formula is C7H11Cl2O2. The summed E-state index contributed by atoms with van der Waals surface area (Å²) in [6.07, 6.45) is 0.172. The second-order valence-corrected chi connectivity index (χ2v) is 3.27. The summed E-state index contributed by atoms with van der Waals surface area (Å²) >= 11 is 10.9. The van der Waals surface area contributed by atoms with Crippen molar-refractivity contribution in [3.63, 3.8) is 0 Å². The summed E-state index contributed by atoms with van der Waals surface area (Å²) in [5.74, 6) is -0.601. The Labute approximate surface area is 76.8 Å². The van der Waals surface area contributed by atoms with Crippen LogP contribution in [0.5, 0.6) is 0 Å². The number of carbonyl (C=O) groups is 1. The Morgan fingerprint density at radius 2 is 2.18 bits per heavy atom. The zero-order valence-electron chi connectivity index (χ0n) is 6.35.